The number of hydrogen-bond acceptors (Lipinski definition) is 3. The fourth-order valence-corrected chi connectivity index (χ4v) is 1.55. The summed E-state index contributed by atoms with van der Waals surface area (Å²) in [5, 5.41) is 0. The predicted molar refractivity (Wildman–Crippen MR) is 64.7 cm³/mol. The number of alkyl halides is 1. The van der Waals surface area contributed by atoms with Gasteiger partial charge in [0.05, 0.1) is 0 Å². The van der Waals surface area contributed by atoms with Crippen LogP contribution < -0.4 is 11.5 Å². The Kier molecular flexibility index (Phi) is 3.53. The fraction of sp³-hybridized carbons (Fsp3) is 0.583. The maximum atomic E-state index is 14.7. The van der Waals surface area contributed by atoms with Gasteiger partial charge in [-0.25, -0.2) is 9.37 Å². The van der Waals surface area contributed by atoms with Gasteiger partial charge in [0.25, 0.3) is 0 Å². The van der Waals surface area contributed by atoms with E-state index in [0.29, 0.717) is 11.4 Å². The highest BCUT2D eigenvalue weighted by atomic mass is 19.1. The van der Waals surface area contributed by atoms with Gasteiger partial charge in [-0.1, -0.05) is 26.8 Å². The van der Waals surface area contributed by atoms with Gasteiger partial charge in [0.15, 0.2) is 0 Å². The first-order valence-electron chi connectivity index (χ1n) is 5.38. The van der Waals surface area contributed by atoms with E-state index in [2.05, 4.69) is 4.98 Å². The maximum Gasteiger partial charge on any atom is 0.132 e. The van der Waals surface area contributed by atoms with Crippen molar-refractivity contribution in [2.24, 2.45) is 11.1 Å². The van der Waals surface area contributed by atoms with E-state index in [1.807, 2.05) is 20.8 Å². The van der Waals surface area contributed by atoms with Gasteiger partial charge in [-0.05, 0) is 17.0 Å². The van der Waals surface area contributed by atoms with E-state index >= 15 is 0 Å². The Balaban J connectivity index is 2.99. The van der Waals surface area contributed by atoms with Crippen molar-refractivity contribution in [3.8, 4) is 0 Å². The van der Waals surface area contributed by atoms with E-state index in [-0.39, 0.29) is 13.0 Å². The molecule has 0 aromatic carbocycles. The first-order valence-corrected chi connectivity index (χ1v) is 5.38. The van der Waals surface area contributed by atoms with Gasteiger partial charge in [0, 0.05) is 19.2 Å². The fourth-order valence-electron chi connectivity index (χ4n) is 1.55. The second-order valence-electron chi connectivity index (χ2n) is 5.14. The van der Waals surface area contributed by atoms with Crippen molar-refractivity contribution < 1.29 is 4.39 Å². The van der Waals surface area contributed by atoms with E-state index in [1.54, 1.807) is 18.3 Å². The lowest BCUT2D eigenvalue weighted by Crippen LogP contribution is -2.47. The zero-order chi connectivity index (χ0) is 12.4. The Bertz CT molecular complexity index is 360. The van der Waals surface area contributed by atoms with Crippen molar-refractivity contribution in [1.29, 1.82) is 0 Å². The highest BCUT2D eigenvalue weighted by molar-refractivity contribution is 5.39. The number of anilines is 1. The minimum Gasteiger partial charge on any atom is -0.383 e. The minimum absolute atomic E-state index is 0.0230. The van der Waals surface area contributed by atoms with Crippen LogP contribution in [0.4, 0.5) is 10.2 Å². The number of halogens is 1. The zero-order valence-electron chi connectivity index (χ0n) is 10.1. The largest absolute Gasteiger partial charge is 0.383 e. The molecule has 0 radical (unpaired) electrons. The van der Waals surface area contributed by atoms with Crippen molar-refractivity contribution in [3.63, 3.8) is 0 Å². The number of nitrogens with two attached hydrogens (primary N) is 2. The van der Waals surface area contributed by atoms with Crippen molar-refractivity contribution in [2.75, 3.05) is 12.3 Å². The van der Waals surface area contributed by atoms with Crippen molar-refractivity contribution >= 4 is 5.82 Å². The van der Waals surface area contributed by atoms with Crippen molar-refractivity contribution in [1.82, 2.24) is 4.98 Å². The molecule has 0 spiro atoms. The van der Waals surface area contributed by atoms with Gasteiger partial charge in [0.2, 0.25) is 0 Å². The highest BCUT2D eigenvalue weighted by Gasteiger charge is 2.41. The third-order valence-corrected chi connectivity index (χ3v) is 3.06. The van der Waals surface area contributed by atoms with E-state index in [1.165, 1.54) is 0 Å². The molecule has 1 heterocycles. The summed E-state index contributed by atoms with van der Waals surface area (Å²) >= 11 is 0. The van der Waals surface area contributed by atoms with Gasteiger partial charge < -0.3 is 11.5 Å². The smallest absolute Gasteiger partial charge is 0.132 e. The molecule has 0 aliphatic rings. The summed E-state index contributed by atoms with van der Waals surface area (Å²) in [5.41, 5.74) is 9.98. The Morgan fingerprint density at radius 3 is 2.44 bits per heavy atom. The van der Waals surface area contributed by atoms with Gasteiger partial charge in [-0.2, -0.15) is 0 Å². The molecule has 1 unspecified atom stereocenters. The van der Waals surface area contributed by atoms with E-state index in [0.717, 1.165) is 0 Å². The number of rotatable bonds is 3. The van der Waals surface area contributed by atoms with Crippen LogP contribution in [0, 0.1) is 5.41 Å². The SMILES string of the molecule is CC(C)(C)C(F)(CN)Cc1cccnc1N. The lowest BCUT2D eigenvalue weighted by molar-refractivity contribution is 0.0383. The van der Waals surface area contributed by atoms with Gasteiger partial charge in [0.1, 0.15) is 11.5 Å². The van der Waals surface area contributed by atoms with Crippen LogP contribution in [0.2, 0.25) is 0 Å². The summed E-state index contributed by atoms with van der Waals surface area (Å²) in [4.78, 5) is 3.95. The first-order chi connectivity index (χ1) is 7.30. The second kappa shape index (κ2) is 4.37. The predicted octanol–water partition coefficient (Wildman–Crippen LogP) is 1.92. The molecule has 1 atom stereocenters. The van der Waals surface area contributed by atoms with E-state index in [4.69, 9.17) is 11.5 Å². The molecule has 1 rings (SSSR count). The van der Waals surface area contributed by atoms with Crippen LogP contribution in [-0.2, 0) is 6.42 Å². The Hall–Kier alpha value is -1.16. The van der Waals surface area contributed by atoms with Crippen LogP contribution in [0.25, 0.3) is 0 Å². The molecule has 0 saturated carbocycles. The lowest BCUT2D eigenvalue weighted by Gasteiger charge is -2.37. The zero-order valence-corrected chi connectivity index (χ0v) is 10.1. The van der Waals surface area contributed by atoms with Gasteiger partial charge >= 0.3 is 0 Å². The van der Waals surface area contributed by atoms with Crippen molar-refractivity contribution in [2.45, 2.75) is 32.9 Å². The molecule has 4 heteroatoms. The molecule has 0 aliphatic carbocycles. The lowest BCUT2D eigenvalue weighted by atomic mass is 9.74. The van der Waals surface area contributed by atoms with Crippen LogP contribution in [0.1, 0.15) is 26.3 Å². The average Bonchev–Trinajstić information content (AvgIpc) is 2.19. The molecule has 16 heavy (non-hydrogen) atoms. The quantitative estimate of drug-likeness (QED) is 0.826. The Morgan fingerprint density at radius 2 is 2.00 bits per heavy atom. The molecule has 1 aromatic rings. The summed E-state index contributed by atoms with van der Waals surface area (Å²) < 4.78 is 14.7. The average molecular weight is 225 g/mol. The molecule has 0 bridgehead atoms. The molecular formula is C12H20FN3. The monoisotopic (exact) mass is 225 g/mol. The molecule has 3 nitrogen and oxygen atoms in total. The van der Waals surface area contributed by atoms with E-state index < -0.39 is 11.1 Å². The number of nitrogens with zero attached hydrogens (tertiary/aromatic N) is 1. The third-order valence-electron chi connectivity index (χ3n) is 3.06. The van der Waals surface area contributed by atoms with Crippen LogP contribution in [0.15, 0.2) is 18.3 Å². The van der Waals surface area contributed by atoms with Crippen molar-refractivity contribution in [3.05, 3.63) is 23.9 Å². The summed E-state index contributed by atoms with van der Waals surface area (Å²) in [5.74, 6) is 0.377. The van der Waals surface area contributed by atoms with Gasteiger partial charge in [-0.15, -0.1) is 0 Å². The number of nitrogen functional groups attached to an aromatic ring is 1. The van der Waals surface area contributed by atoms with Crippen LogP contribution in [0.3, 0.4) is 0 Å². The standard InChI is InChI=1S/C12H20FN3/c1-11(2,3)12(13,8-14)7-9-5-4-6-16-10(9)15/h4-6H,7-8,14H2,1-3H3,(H2,15,16). The number of hydrogen-bond donors (Lipinski definition) is 2. The van der Waals surface area contributed by atoms with E-state index in [9.17, 15) is 4.39 Å². The normalized spacial score (nSPS) is 15.8. The van der Waals surface area contributed by atoms with Crippen LogP contribution >= 0.6 is 0 Å². The minimum atomic E-state index is -1.47. The summed E-state index contributed by atoms with van der Waals surface area (Å²) in [6.45, 7) is 5.50. The Morgan fingerprint density at radius 1 is 1.38 bits per heavy atom. The molecule has 0 saturated heterocycles. The summed E-state index contributed by atoms with van der Waals surface area (Å²) in [7, 11) is 0. The molecule has 0 fully saturated rings. The first kappa shape index (κ1) is 12.9. The second-order valence-corrected chi connectivity index (χ2v) is 5.14. The van der Waals surface area contributed by atoms with Gasteiger partial charge in [-0.3, -0.25) is 0 Å². The molecule has 4 N–H and O–H groups in total. The molecule has 90 valence electrons. The van der Waals surface area contributed by atoms with Crippen LogP contribution in [-0.4, -0.2) is 17.2 Å². The topological polar surface area (TPSA) is 64.9 Å². The molecule has 0 aliphatic heterocycles. The molecular weight excluding hydrogens is 205 g/mol. The molecule has 0 amide bonds. The number of pyridine rings is 1. The highest BCUT2D eigenvalue weighted by Crippen LogP contribution is 2.36. The third kappa shape index (κ3) is 2.50. The maximum absolute atomic E-state index is 14.7. The van der Waals surface area contributed by atoms with Crippen LogP contribution in [0.5, 0.6) is 0 Å². The molecule has 1 aromatic heterocycles. The Labute approximate surface area is 96.1 Å². The number of aromatic nitrogens is 1. The summed E-state index contributed by atoms with van der Waals surface area (Å²) in [6, 6.07) is 3.54. The summed E-state index contributed by atoms with van der Waals surface area (Å²) in [6.07, 6.45) is 1.80.